The highest BCUT2D eigenvalue weighted by atomic mass is 32.1. The first kappa shape index (κ1) is 12.4. The van der Waals surface area contributed by atoms with E-state index in [9.17, 15) is 0 Å². The molecule has 1 atom stereocenters. The topological polar surface area (TPSA) is 24.1 Å². The van der Waals surface area contributed by atoms with E-state index < -0.39 is 0 Å². The quantitative estimate of drug-likeness (QED) is 0.801. The molecule has 0 heterocycles. The van der Waals surface area contributed by atoms with Crippen molar-refractivity contribution in [2.24, 2.45) is 5.92 Å². The average Bonchev–Trinajstić information content (AvgIpc) is 3.10. The summed E-state index contributed by atoms with van der Waals surface area (Å²) >= 11 is 5.33. The Morgan fingerprint density at radius 1 is 1.18 bits per heavy atom. The number of hydrogen-bond acceptors (Lipinski definition) is 1. The summed E-state index contributed by atoms with van der Waals surface area (Å²) in [7, 11) is 0. The van der Waals surface area contributed by atoms with Gasteiger partial charge in [0, 0.05) is 6.04 Å². The van der Waals surface area contributed by atoms with Crippen LogP contribution in [-0.4, -0.2) is 11.2 Å². The molecular formula is C14H20N2S. The predicted octanol–water partition coefficient (Wildman–Crippen LogP) is 3.01. The minimum Gasteiger partial charge on any atom is -0.361 e. The summed E-state index contributed by atoms with van der Waals surface area (Å²) in [5.41, 5.74) is 1.34. The van der Waals surface area contributed by atoms with E-state index in [4.69, 9.17) is 12.2 Å². The largest absolute Gasteiger partial charge is 0.361 e. The van der Waals surface area contributed by atoms with Crippen LogP contribution in [0.2, 0.25) is 0 Å². The molecule has 1 aliphatic rings. The zero-order chi connectivity index (χ0) is 12.3. The molecule has 2 rings (SSSR count). The van der Waals surface area contributed by atoms with E-state index in [1.165, 1.54) is 18.4 Å². The van der Waals surface area contributed by atoms with Crippen molar-refractivity contribution in [2.45, 2.75) is 38.8 Å². The molecule has 1 fully saturated rings. The fraction of sp³-hybridized carbons (Fsp3) is 0.500. The van der Waals surface area contributed by atoms with Gasteiger partial charge in [0.2, 0.25) is 0 Å². The second-order valence-corrected chi connectivity index (χ2v) is 5.41. The minimum absolute atomic E-state index is 0.370. The van der Waals surface area contributed by atoms with Crippen LogP contribution in [0.25, 0.3) is 0 Å². The molecule has 1 aromatic rings. The molecule has 3 heteroatoms. The van der Waals surface area contributed by atoms with Crippen molar-refractivity contribution in [1.29, 1.82) is 0 Å². The zero-order valence-electron chi connectivity index (χ0n) is 10.4. The first-order valence-corrected chi connectivity index (χ1v) is 6.69. The van der Waals surface area contributed by atoms with Crippen molar-refractivity contribution < 1.29 is 0 Å². The molecule has 1 aromatic carbocycles. The van der Waals surface area contributed by atoms with Crippen LogP contribution in [0.5, 0.6) is 0 Å². The van der Waals surface area contributed by atoms with Crippen LogP contribution in [-0.2, 0) is 0 Å². The monoisotopic (exact) mass is 248 g/mol. The van der Waals surface area contributed by atoms with Gasteiger partial charge < -0.3 is 10.6 Å². The van der Waals surface area contributed by atoms with Crippen molar-refractivity contribution >= 4 is 17.3 Å². The summed E-state index contributed by atoms with van der Waals surface area (Å²) < 4.78 is 0. The van der Waals surface area contributed by atoms with Crippen LogP contribution in [0.1, 0.15) is 38.3 Å². The van der Waals surface area contributed by atoms with Crippen LogP contribution in [0, 0.1) is 5.92 Å². The Morgan fingerprint density at radius 2 is 1.82 bits per heavy atom. The molecule has 0 amide bonds. The van der Waals surface area contributed by atoms with Gasteiger partial charge in [0.05, 0.1) is 6.04 Å². The van der Waals surface area contributed by atoms with Gasteiger partial charge in [-0.2, -0.15) is 0 Å². The van der Waals surface area contributed by atoms with E-state index in [1.807, 2.05) is 0 Å². The van der Waals surface area contributed by atoms with Crippen molar-refractivity contribution in [3.05, 3.63) is 35.9 Å². The van der Waals surface area contributed by atoms with Gasteiger partial charge in [-0.15, -0.1) is 0 Å². The number of nitrogens with one attached hydrogen (secondary N) is 2. The number of hydrogen-bond donors (Lipinski definition) is 2. The first-order chi connectivity index (χ1) is 8.16. The molecule has 0 aliphatic heterocycles. The van der Waals surface area contributed by atoms with E-state index >= 15 is 0 Å². The molecule has 0 spiro atoms. The van der Waals surface area contributed by atoms with Crippen molar-refractivity contribution in [3.8, 4) is 0 Å². The van der Waals surface area contributed by atoms with Crippen LogP contribution >= 0.6 is 12.2 Å². The van der Waals surface area contributed by atoms with Crippen molar-refractivity contribution in [1.82, 2.24) is 10.6 Å². The maximum absolute atomic E-state index is 5.33. The van der Waals surface area contributed by atoms with Gasteiger partial charge in [-0.25, -0.2) is 0 Å². The maximum atomic E-state index is 5.33. The van der Waals surface area contributed by atoms with Gasteiger partial charge >= 0.3 is 0 Å². The summed E-state index contributed by atoms with van der Waals surface area (Å²) in [4.78, 5) is 0. The van der Waals surface area contributed by atoms with E-state index in [1.54, 1.807) is 0 Å². The van der Waals surface area contributed by atoms with Crippen LogP contribution in [0.3, 0.4) is 0 Å². The minimum atomic E-state index is 0.370. The molecule has 92 valence electrons. The lowest BCUT2D eigenvalue weighted by Crippen LogP contribution is -2.41. The molecule has 2 N–H and O–H groups in total. The van der Waals surface area contributed by atoms with E-state index in [2.05, 4.69) is 54.8 Å². The van der Waals surface area contributed by atoms with Gasteiger partial charge in [0.15, 0.2) is 5.11 Å². The Kier molecular flexibility index (Phi) is 4.00. The third kappa shape index (κ3) is 3.70. The van der Waals surface area contributed by atoms with E-state index in [-0.39, 0.29) is 0 Å². The normalized spacial score (nSPS) is 16.6. The predicted molar refractivity (Wildman–Crippen MR) is 75.9 cm³/mol. The summed E-state index contributed by atoms with van der Waals surface area (Å²) in [6, 6.07) is 11.3. The Labute approximate surface area is 109 Å². The third-order valence-corrected chi connectivity index (χ3v) is 3.19. The lowest BCUT2D eigenvalue weighted by molar-refractivity contribution is 0.558. The summed E-state index contributed by atoms with van der Waals surface area (Å²) in [5.74, 6) is 0.740. The van der Waals surface area contributed by atoms with Gasteiger partial charge in [-0.05, 0) is 50.4 Å². The number of benzene rings is 1. The number of rotatable bonds is 4. The molecule has 0 bridgehead atoms. The van der Waals surface area contributed by atoms with Crippen molar-refractivity contribution in [2.75, 3.05) is 0 Å². The highest BCUT2D eigenvalue weighted by Gasteiger charge is 2.32. The summed E-state index contributed by atoms with van der Waals surface area (Å²) in [6.45, 7) is 4.20. The lowest BCUT2D eigenvalue weighted by atomic mass is 10.0. The molecule has 1 saturated carbocycles. The molecule has 0 aromatic heterocycles. The molecule has 2 nitrogen and oxygen atoms in total. The molecule has 0 saturated heterocycles. The number of thiocarbonyl (C=S) groups is 1. The van der Waals surface area contributed by atoms with Crippen LogP contribution in [0.15, 0.2) is 30.3 Å². The van der Waals surface area contributed by atoms with Gasteiger partial charge in [-0.1, -0.05) is 30.3 Å². The highest BCUT2D eigenvalue weighted by molar-refractivity contribution is 7.80. The maximum Gasteiger partial charge on any atom is 0.166 e. The van der Waals surface area contributed by atoms with Gasteiger partial charge in [-0.3, -0.25) is 0 Å². The lowest BCUT2D eigenvalue weighted by Gasteiger charge is -2.22. The first-order valence-electron chi connectivity index (χ1n) is 6.29. The third-order valence-electron chi connectivity index (χ3n) is 2.96. The van der Waals surface area contributed by atoms with Crippen LogP contribution in [0.4, 0.5) is 0 Å². The van der Waals surface area contributed by atoms with Gasteiger partial charge in [0.25, 0.3) is 0 Å². The van der Waals surface area contributed by atoms with E-state index in [0.29, 0.717) is 12.1 Å². The Balaban J connectivity index is 2.01. The Hall–Kier alpha value is -1.09. The SMILES string of the molecule is CC(C)NC(=S)N[C@H](c1ccccc1)C1CC1. The summed E-state index contributed by atoms with van der Waals surface area (Å²) in [5, 5.41) is 7.46. The second kappa shape index (κ2) is 5.50. The average molecular weight is 248 g/mol. The Bertz CT molecular complexity index is 371. The van der Waals surface area contributed by atoms with Gasteiger partial charge in [0.1, 0.15) is 0 Å². The Morgan fingerprint density at radius 3 is 2.35 bits per heavy atom. The zero-order valence-corrected chi connectivity index (χ0v) is 11.3. The smallest absolute Gasteiger partial charge is 0.166 e. The molecular weight excluding hydrogens is 228 g/mol. The second-order valence-electron chi connectivity index (χ2n) is 5.00. The molecule has 0 unspecified atom stereocenters. The van der Waals surface area contributed by atoms with E-state index in [0.717, 1.165) is 11.0 Å². The van der Waals surface area contributed by atoms with Crippen molar-refractivity contribution in [3.63, 3.8) is 0 Å². The standard InChI is InChI=1S/C14H20N2S/c1-10(2)15-14(17)16-13(12-8-9-12)11-6-4-3-5-7-11/h3-7,10,12-13H,8-9H2,1-2H3,(H2,15,16,17)/t13-/m1/s1. The fourth-order valence-corrected chi connectivity index (χ4v) is 2.37. The highest BCUT2D eigenvalue weighted by Crippen LogP contribution is 2.40. The van der Waals surface area contributed by atoms with Crippen LogP contribution < -0.4 is 10.6 Å². The molecule has 0 radical (unpaired) electrons. The molecule has 1 aliphatic carbocycles. The summed E-state index contributed by atoms with van der Waals surface area (Å²) in [6.07, 6.45) is 2.60. The molecule has 17 heavy (non-hydrogen) atoms. The fourth-order valence-electron chi connectivity index (χ4n) is 2.01.